The van der Waals surface area contributed by atoms with Crippen molar-refractivity contribution in [2.75, 3.05) is 13.1 Å². The zero-order valence-corrected chi connectivity index (χ0v) is 9.09. The van der Waals surface area contributed by atoms with Crippen LogP contribution in [0.1, 0.15) is 18.1 Å². The molecule has 0 aromatic heterocycles. The Kier molecular flexibility index (Phi) is 4.63. The number of nitrogens with one attached hydrogen (secondary N) is 1. The van der Waals surface area contributed by atoms with E-state index in [1.165, 1.54) is 11.1 Å². The second-order valence-electron chi connectivity index (χ2n) is 3.86. The maximum Gasteiger partial charge on any atom is 0.0136 e. The van der Waals surface area contributed by atoms with Crippen LogP contribution in [0.15, 0.2) is 24.3 Å². The van der Waals surface area contributed by atoms with Crippen LogP contribution in [0.5, 0.6) is 0 Å². The van der Waals surface area contributed by atoms with Gasteiger partial charge in [0, 0.05) is 12.6 Å². The van der Waals surface area contributed by atoms with E-state index in [1.807, 2.05) is 6.92 Å². The Hall–Kier alpha value is -0.860. The molecule has 1 rings (SSSR count). The zero-order chi connectivity index (χ0) is 10.4. The van der Waals surface area contributed by atoms with Gasteiger partial charge >= 0.3 is 0 Å². The third kappa shape index (κ3) is 3.90. The molecule has 0 bridgehead atoms. The Bertz CT molecular complexity index is 269. The van der Waals surface area contributed by atoms with E-state index < -0.39 is 0 Å². The van der Waals surface area contributed by atoms with Crippen molar-refractivity contribution in [2.45, 2.75) is 26.3 Å². The lowest BCUT2D eigenvalue weighted by Crippen LogP contribution is -2.32. The van der Waals surface area contributed by atoms with Gasteiger partial charge in [0.2, 0.25) is 0 Å². The summed E-state index contributed by atoms with van der Waals surface area (Å²) in [5, 5.41) is 3.34. The van der Waals surface area contributed by atoms with Gasteiger partial charge in [0.1, 0.15) is 0 Å². The quantitative estimate of drug-likeness (QED) is 0.693. The van der Waals surface area contributed by atoms with Crippen LogP contribution in [-0.2, 0) is 6.42 Å². The van der Waals surface area contributed by atoms with E-state index in [4.69, 9.17) is 5.73 Å². The molecule has 0 saturated carbocycles. The largest absolute Gasteiger partial charge is 0.327 e. The maximum absolute atomic E-state index is 5.64. The van der Waals surface area contributed by atoms with Gasteiger partial charge in [0.25, 0.3) is 0 Å². The number of hydrogen-bond acceptors (Lipinski definition) is 2. The molecule has 2 nitrogen and oxygen atoms in total. The molecule has 0 aliphatic heterocycles. The Morgan fingerprint density at radius 3 is 2.71 bits per heavy atom. The summed E-state index contributed by atoms with van der Waals surface area (Å²) in [6.45, 7) is 6.07. The lowest BCUT2D eigenvalue weighted by atomic mass is 10.1. The molecule has 1 atom stereocenters. The molecule has 0 radical (unpaired) electrons. The van der Waals surface area contributed by atoms with Crippen molar-refractivity contribution in [3.63, 3.8) is 0 Å². The van der Waals surface area contributed by atoms with E-state index in [2.05, 4.69) is 36.5 Å². The van der Waals surface area contributed by atoms with Crippen LogP contribution in [0, 0.1) is 6.92 Å². The first-order valence-electron chi connectivity index (χ1n) is 5.21. The van der Waals surface area contributed by atoms with Crippen LogP contribution in [0.4, 0.5) is 0 Å². The highest BCUT2D eigenvalue weighted by molar-refractivity contribution is 5.25. The molecule has 0 fully saturated rings. The first-order chi connectivity index (χ1) is 6.70. The molecule has 3 N–H and O–H groups in total. The molecule has 1 aromatic carbocycles. The molecule has 0 heterocycles. The fraction of sp³-hybridized carbons (Fsp3) is 0.500. The standard InChI is InChI=1S/C12H20N2/c1-10-5-3-4-6-12(10)7-8-14-9-11(2)13/h3-6,11,14H,7-9,13H2,1-2H3. The van der Waals surface area contributed by atoms with Crippen LogP contribution < -0.4 is 11.1 Å². The van der Waals surface area contributed by atoms with Crippen molar-refractivity contribution in [2.24, 2.45) is 5.73 Å². The van der Waals surface area contributed by atoms with Gasteiger partial charge in [0.15, 0.2) is 0 Å². The van der Waals surface area contributed by atoms with Gasteiger partial charge in [-0.1, -0.05) is 24.3 Å². The predicted octanol–water partition coefficient (Wildman–Crippen LogP) is 1.47. The average Bonchev–Trinajstić information content (AvgIpc) is 2.15. The summed E-state index contributed by atoms with van der Waals surface area (Å²) in [5.41, 5.74) is 8.43. The second kappa shape index (κ2) is 5.78. The van der Waals surface area contributed by atoms with Gasteiger partial charge < -0.3 is 11.1 Å². The molecule has 2 heteroatoms. The van der Waals surface area contributed by atoms with E-state index >= 15 is 0 Å². The molecule has 0 spiro atoms. The summed E-state index contributed by atoms with van der Waals surface area (Å²) in [7, 11) is 0. The molecule has 1 aromatic rings. The molecular formula is C12H20N2. The molecular weight excluding hydrogens is 172 g/mol. The first-order valence-corrected chi connectivity index (χ1v) is 5.21. The lowest BCUT2D eigenvalue weighted by molar-refractivity contribution is 0.608. The highest BCUT2D eigenvalue weighted by Crippen LogP contribution is 2.06. The van der Waals surface area contributed by atoms with E-state index in [9.17, 15) is 0 Å². The van der Waals surface area contributed by atoms with Crippen LogP contribution in [0.3, 0.4) is 0 Å². The molecule has 1 unspecified atom stereocenters. The summed E-state index contributed by atoms with van der Waals surface area (Å²) < 4.78 is 0. The third-order valence-corrected chi connectivity index (χ3v) is 2.30. The van der Waals surface area contributed by atoms with Crippen LogP contribution in [0.2, 0.25) is 0 Å². The Morgan fingerprint density at radius 2 is 2.07 bits per heavy atom. The van der Waals surface area contributed by atoms with E-state index in [0.29, 0.717) is 0 Å². The highest BCUT2D eigenvalue weighted by atomic mass is 14.9. The van der Waals surface area contributed by atoms with Crippen molar-refractivity contribution in [1.82, 2.24) is 5.32 Å². The topological polar surface area (TPSA) is 38.0 Å². The summed E-state index contributed by atoms with van der Waals surface area (Å²) >= 11 is 0. The Morgan fingerprint density at radius 1 is 1.36 bits per heavy atom. The molecule has 14 heavy (non-hydrogen) atoms. The van der Waals surface area contributed by atoms with E-state index in [1.54, 1.807) is 0 Å². The summed E-state index contributed by atoms with van der Waals surface area (Å²) in [4.78, 5) is 0. The smallest absolute Gasteiger partial charge is 0.0136 e. The average molecular weight is 192 g/mol. The van der Waals surface area contributed by atoms with Crippen LogP contribution in [-0.4, -0.2) is 19.1 Å². The van der Waals surface area contributed by atoms with Crippen molar-refractivity contribution in [1.29, 1.82) is 0 Å². The SMILES string of the molecule is Cc1ccccc1CCNCC(C)N. The molecule has 0 amide bonds. The number of rotatable bonds is 5. The van der Waals surface area contributed by atoms with Crippen molar-refractivity contribution in [3.05, 3.63) is 35.4 Å². The predicted molar refractivity (Wildman–Crippen MR) is 61.4 cm³/mol. The van der Waals surface area contributed by atoms with Gasteiger partial charge in [-0.15, -0.1) is 0 Å². The summed E-state index contributed by atoms with van der Waals surface area (Å²) in [5.74, 6) is 0. The lowest BCUT2D eigenvalue weighted by Gasteiger charge is -2.08. The third-order valence-electron chi connectivity index (χ3n) is 2.30. The molecule has 0 aliphatic rings. The van der Waals surface area contributed by atoms with Crippen molar-refractivity contribution >= 4 is 0 Å². The van der Waals surface area contributed by atoms with Crippen LogP contribution in [0.25, 0.3) is 0 Å². The number of hydrogen-bond donors (Lipinski definition) is 2. The monoisotopic (exact) mass is 192 g/mol. The minimum Gasteiger partial charge on any atom is -0.327 e. The number of aryl methyl sites for hydroxylation is 1. The van der Waals surface area contributed by atoms with Gasteiger partial charge in [-0.3, -0.25) is 0 Å². The maximum atomic E-state index is 5.64. The number of benzene rings is 1. The summed E-state index contributed by atoms with van der Waals surface area (Å²) in [6, 6.07) is 8.75. The van der Waals surface area contributed by atoms with Gasteiger partial charge in [-0.2, -0.15) is 0 Å². The minimum atomic E-state index is 0.242. The Balaban J connectivity index is 2.28. The van der Waals surface area contributed by atoms with Gasteiger partial charge in [-0.05, 0) is 37.9 Å². The van der Waals surface area contributed by atoms with E-state index in [-0.39, 0.29) is 6.04 Å². The molecule has 0 saturated heterocycles. The van der Waals surface area contributed by atoms with Crippen molar-refractivity contribution in [3.8, 4) is 0 Å². The molecule has 78 valence electrons. The van der Waals surface area contributed by atoms with Gasteiger partial charge in [0.05, 0.1) is 0 Å². The second-order valence-corrected chi connectivity index (χ2v) is 3.86. The highest BCUT2D eigenvalue weighted by Gasteiger charge is 1.97. The molecule has 0 aliphatic carbocycles. The van der Waals surface area contributed by atoms with E-state index in [0.717, 1.165) is 19.5 Å². The number of nitrogens with two attached hydrogens (primary N) is 1. The fourth-order valence-corrected chi connectivity index (χ4v) is 1.44. The first kappa shape index (κ1) is 11.2. The Labute approximate surface area is 86.5 Å². The summed E-state index contributed by atoms with van der Waals surface area (Å²) in [6.07, 6.45) is 1.08. The van der Waals surface area contributed by atoms with Crippen molar-refractivity contribution < 1.29 is 0 Å². The van der Waals surface area contributed by atoms with Gasteiger partial charge in [-0.25, -0.2) is 0 Å². The fourth-order valence-electron chi connectivity index (χ4n) is 1.44. The minimum absolute atomic E-state index is 0.242. The zero-order valence-electron chi connectivity index (χ0n) is 9.09. The normalized spacial score (nSPS) is 12.8. The van der Waals surface area contributed by atoms with Crippen LogP contribution >= 0.6 is 0 Å².